The number of amides is 2. The van der Waals surface area contributed by atoms with Crippen LogP contribution >= 0.6 is 0 Å². The van der Waals surface area contributed by atoms with E-state index in [1.54, 1.807) is 30.3 Å². The van der Waals surface area contributed by atoms with Crippen molar-refractivity contribution < 1.29 is 22.8 Å². The van der Waals surface area contributed by atoms with Crippen molar-refractivity contribution in [1.29, 1.82) is 0 Å². The Morgan fingerprint density at radius 3 is 2.06 bits per heavy atom. The van der Waals surface area contributed by atoms with Crippen LogP contribution in [0.15, 0.2) is 48.8 Å². The Hall–Kier alpha value is -3.62. The molecule has 1 aromatic carbocycles. The molecular weight excluding hydrogens is 433 g/mol. The summed E-state index contributed by atoms with van der Waals surface area (Å²) in [5, 5.41) is 0. The van der Waals surface area contributed by atoms with Crippen molar-refractivity contribution in [2.24, 2.45) is 0 Å². The normalized spacial score (nSPS) is 15.2. The number of benzene rings is 1. The van der Waals surface area contributed by atoms with Crippen molar-refractivity contribution >= 4 is 11.8 Å². The lowest BCUT2D eigenvalue weighted by Crippen LogP contribution is -2.29. The zero-order valence-corrected chi connectivity index (χ0v) is 18.1. The Balaban J connectivity index is 0.00000126. The van der Waals surface area contributed by atoms with E-state index >= 15 is 0 Å². The lowest BCUT2D eigenvalue weighted by Gasteiger charge is -2.16. The molecule has 6 nitrogen and oxygen atoms in total. The number of hydrogen-bond acceptors (Lipinski definition) is 5. The van der Waals surface area contributed by atoms with E-state index in [1.165, 1.54) is 4.90 Å². The number of halogens is 3. The summed E-state index contributed by atoms with van der Waals surface area (Å²) in [4.78, 5) is 37.9. The Morgan fingerprint density at radius 2 is 1.55 bits per heavy atom. The fraction of sp³-hybridized carbons (Fsp3) is 0.292. The Kier molecular flexibility index (Phi) is 5.97. The molecule has 0 saturated heterocycles. The molecule has 0 atom stereocenters. The van der Waals surface area contributed by atoms with Crippen LogP contribution in [0.3, 0.4) is 0 Å². The number of alkyl halides is 3. The third kappa shape index (κ3) is 4.48. The maximum Gasteiger partial charge on any atom is 0.451 e. The van der Waals surface area contributed by atoms with Gasteiger partial charge in [-0.1, -0.05) is 26.0 Å². The van der Waals surface area contributed by atoms with E-state index < -0.39 is 12.0 Å². The SMILES string of the molecule is CC.O=C1c2ccccc2C(=O)N1Cc1cc(-c2cnc(C(F)(F)F)nc2)nc(C2CC2)c1. The number of carbonyl (C=O) groups excluding carboxylic acids is 2. The minimum Gasteiger partial charge on any atom is -0.270 e. The Morgan fingerprint density at radius 1 is 0.970 bits per heavy atom. The van der Waals surface area contributed by atoms with Crippen molar-refractivity contribution in [2.75, 3.05) is 0 Å². The zero-order valence-electron chi connectivity index (χ0n) is 18.1. The summed E-state index contributed by atoms with van der Waals surface area (Å²) in [5.41, 5.74) is 2.91. The van der Waals surface area contributed by atoms with Gasteiger partial charge < -0.3 is 0 Å². The summed E-state index contributed by atoms with van der Waals surface area (Å²) in [6.45, 7) is 4.04. The van der Waals surface area contributed by atoms with Gasteiger partial charge in [-0.3, -0.25) is 19.5 Å². The van der Waals surface area contributed by atoms with Crippen LogP contribution in [0.5, 0.6) is 0 Å². The number of aromatic nitrogens is 3. The van der Waals surface area contributed by atoms with E-state index in [0.717, 1.165) is 30.9 Å². The molecule has 0 unspecified atom stereocenters. The molecule has 9 heteroatoms. The molecule has 0 spiro atoms. The molecule has 5 rings (SSSR count). The summed E-state index contributed by atoms with van der Waals surface area (Å²) in [6.07, 6.45) is -0.529. The van der Waals surface area contributed by atoms with Crippen LogP contribution in [-0.4, -0.2) is 31.7 Å². The first-order chi connectivity index (χ1) is 15.8. The van der Waals surface area contributed by atoms with Gasteiger partial charge in [-0.05, 0) is 42.7 Å². The van der Waals surface area contributed by atoms with E-state index in [-0.39, 0.29) is 24.3 Å². The largest absolute Gasteiger partial charge is 0.451 e. The molecule has 2 aromatic heterocycles. The van der Waals surface area contributed by atoms with Gasteiger partial charge in [-0.15, -0.1) is 0 Å². The summed E-state index contributed by atoms with van der Waals surface area (Å²) < 4.78 is 38.3. The fourth-order valence-electron chi connectivity index (χ4n) is 3.61. The van der Waals surface area contributed by atoms with Crippen molar-refractivity contribution in [3.8, 4) is 11.3 Å². The molecule has 1 aliphatic carbocycles. The molecule has 2 aliphatic rings. The number of nitrogens with zero attached hydrogens (tertiary/aromatic N) is 4. The standard InChI is InChI=1S/C22H15F3N4O2.C2H6/c23-22(24,25)21-26-9-14(10-27-21)18-8-12(7-17(28-18)13-5-6-13)11-29-19(30)15-3-1-2-4-16(15)20(29)31;1-2/h1-4,7-10,13H,5-6,11H2;1-2H3. The van der Waals surface area contributed by atoms with Gasteiger partial charge in [-0.2, -0.15) is 13.2 Å². The van der Waals surface area contributed by atoms with E-state index in [9.17, 15) is 22.8 Å². The second-order valence-electron chi connectivity index (χ2n) is 7.59. The molecule has 1 saturated carbocycles. The number of fused-ring (bicyclic) bond motifs is 1. The molecule has 2 amide bonds. The Labute approximate surface area is 188 Å². The molecule has 1 aliphatic heterocycles. The third-order valence-corrected chi connectivity index (χ3v) is 5.32. The number of rotatable bonds is 4. The highest BCUT2D eigenvalue weighted by Crippen LogP contribution is 2.40. The van der Waals surface area contributed by atoms with Crippen molar-refractivity contribution in [3.05, 3.63) is 77.0 Å². The van der Waals surface area contributed by atoms with E-state index in [0.29, 0.717) is 27.9 Å². The minimum absolute atomic E-state index is 0.0447. The third-order valence-electron chi connectivity index (χ3n) is 5.32. The monoisotopic (exact) mass is 454 g/mol. The molecule has 0 radical (unpaired) electrons. The highest BCUT2D eigenvalue weighted by molar-refractivity contribution is 6.21. The average Bonchev–Trinajstić information content (AvgIpc) is 3.65. The molecule has 0 bridgehead atoms. The number of imide groups is 1. The predicted octanol–water partition coefficient (Wildman–Crippen LogP) is 5.26. The average molecular weight is 454 g/mol. The van der Waals surface area contributed by atoms with Gasteiger partial charge in [-0.25, -0.2) is 9.97 Å². The van der Waals surface area contributed by atoms with Crippen molar-refractivity contribution in [1.82, 2.24) is 19.9 Å². The van der Waals surface area contributed by atoms with Gasteiger partial charge in [0, 0.05) is 29.6 Å². The van der Waals surface area contributed by atoms with E-state index in [2.05, 4.69) is 15.0 Å². The topological polar surface area (TPSA) is 76.1 Å². The molecular formula is C24H21F3N4O2. The van der Waals surface area contributed by atoms with E-state index in [4.69, 9.17) is 0 Å². The lowest BCUT2D eigenvalue weighted by atomic mass is 10.1. The quantitative estimate of drug-likeness (QED) is 0.503. The summed E-state index contributed by atoms with van der Waals surface area (Å²) >= 11 is 0. The molecule has 3 heterocycles. The predicted molar refractivity (Wildman–Crippen MR) is 114 cm³/mol. The smallest absolute Gasteiger partial charge is 0.270 e. The first-order valence-electron chi connectivity index (χ1n) is 10.7. The van der Waals surface area contributed by atoms with E-state index in [1.807, 2.05) is 19.9 Å². The molecule has 3 aromatic rings. The van der Waals surface area contributed by atoms with Crippen LogP contribution in [0.2, 0.25) is 0 Å². The van der Waals surface area contributed by atoms with Gasteiger partial charge in [0.05, 0.1) is 23.4 Å². The first kappa shape index (κ1) is 22.6. The maximum atomic E-state index is 12.8. The van der Waals surface area contributed by atoms with Crippen LogP contribution in [0.4, 0.5) is 13.2 Å². The second kappa shape index (κ2) is 8.73. The van der Waals surface area contributed by atoms with Gasteiger partial charge in [0.25, 0.3) is 11.8 Å². The summed E-state index contributed by atoms with van der Waals surface area (Å²) in [7, 11) is 0. The Bertz CT molecular complexity index is 1170. The second-order valence-corrected chi connectivity index (χ2v) is 7.59. The van der Waals surface area contributed by atoms with Crippen LogP contribution in [0, 0.1) is 0 Å². The van der Waals surface area contributed by atoms with Crippen molar-refractivity contribution in [3.63, 3.8) is 0 Å². The van der Waals surface area contributed by atoms with Crippen LogP contribution in [0.1, 0.15) is 70.4 Å². The molecule has 33 heavy (non-hydrogen) atoms. The number of carbonyl (C=O) groups is 2. The molecule has 1 fully saturated rings. The molecule has 170 valence electrons. The highest BCUT2D eigenvalue weighted by Gasteiger charge is 2.36. The molecule has 0 N–H and O–H groups in total. The van der Waals surface area contributed by atoms with Crippen LogP contribution in [0.25, 0.3) is 11.3 Å². The van der Waals surface area contributed by atoms with Crippen molar-refractivity contribution in [2.45, 2.75) is 45.3 Å². The van der Waals surface area contributed by atoms with Gasteiger partial charge in [0.15, 0.2) is 0 Å². The fourth-order valence-corrected chi connectivity index (χ4v) is 3.61. The van der Waals surface area contributed by atoms with Crippen LogP contribution in [-0.2, 0) is 12.7 Å². The number of hydrogen-bond donors (Lipinski definition) is 0. The summed E-state index contributed by atoms with van der Waals surface area (Å²) in [5.74, 6) is -1.70. The zero-order chi connectivity index (χ0) is 23.8. The number of pyridine rings is 1. The highest BCUT2D eigenvalue weighted by atomic mass is 19.4. The summed E-state index contributed by atoms with van der Waals surface area (Å²) in [6, 6.07) is 10.1. The first-order valence-corrected chi connectivity index (χ1v) is 10.7. The van der Waals surface area contributed by atoms with Gasteiger partial charge >= 0.3 is 6.18 Å². The minimum atomic E-state index is -4.63. The lowest BCUT2D eigenvalue weighted by molar-refractivity contribution is -0.145. The van der Waals surface area contributed by atoms with Gasteiger partial charge in [0.2, 0.25) is 5.82 Å². The van der Waals surface area contributed by atoms with Gasteiger partial charge in [0.1, 0.15) is 0 Å². The van der Waals surface area contributed by atoms with Crippen LogP contribution < -0.4 is 0 Å². The maximum absolute atomic E-state index is 12.8.